The Hall–Kier alpha value is -0.120. The van der Waals surface area contributed by atoms with Crippen molar-refractivity contribution in [1.82, 2.24) is 10.2 Å². The Morgan fingerprint density at radius 2 is 2.25 bits per heavy atom. The molecule has 12 heavy (non-hydrogen) atoms. The van der Waals surface area contributed by atoms with E-state index in [0.29, 0.717) is 12.2 Å². The van der Waals surface area contributed by atoms with Gasteiger partial charge in [0.15, 0.2) is 0 Å². The van der Waals surface area contributed by atoms with Crippen molar-refractivity contribution >= 4 is 0 Å². The van der Waals surface area contributed by atoms with Crippen molar-refractivity contribution in [2.75, 3.05) is 33.2 Å². The van der Waals surface area contributed by atoms with Gasteiger partial charge in [0, 0.05) is 19.6 Å². The van der Waals surface area contributed by atoms with Crippen LogP contribution in [0.25, 0.3) is 0 Å². The molecule has 0 saturated carbocycles. The third-order valence-electron chi connectivity index (χ3n) is 2.75. The number of nitrogens with one attached hydrogen (secondary N) is 1. The molecular weight excluding hydrogens is 152 g/mol. The van der Waals surface area contributed by atoms with Crippen LogP contribution in [0.3, 0.4) is 0 Å². The zero-order chi connectivity index (χ0) is 8.39. The topological polar surface area (TPSA) is 24.5 Å². The highest BCUT2D eigenvalue weighted by molar-refractivity contribution is 4.78. The average Bonchev–Trinajstić information content (AvgIpc) is 2.63. The van der Waals surface area contributed by atoms with E-state index in [1.54, 1.807) is 0 Å². The monoisotopic (exact) mass is 170 g/mol. The minimum atomic E-state index is 0.487. The van der Waals surface area contributed by atoms with Crippen LogP contribution < -0.4 is 5.32 Å². The van der Waals surface area contributed by atoms with Crippen LogP contribution in [0.2, 0.25) is 0 Å². The third kappa shape index (κ3) is 1.97. The van der Waals surface area contributed by atoms with Gasteiger partial charge in [0.05, 0.1) is 12.2 Å². The van der Waals surface area contributed by atoms with Gasteiger partial charge in [-0.2, -0.15) is 0 Å². The number of likely N-dealkylation sites (N-methyl/N-ethyl adjacent to an activating group) is 1. The molecule has 2 aliphatic rings. The predicted octanol–water partition coefficient (Wildman–Crippen LogP) is 0.0690. The van der Waals surface area contributed by atoms with Gasteiger partial charge >= 0.3 is 0 Å². The minimum absolute atomic E-state index is 0.487. The zero-order valence-corrected chi connectivity index (χ0v) is 7.75. The molecule has 2 unspecified atom stereocenters. The maximum Gasteiger partial charge on any atom is 0.0718 e. The molecule has 0 aliphatic carbocycles. The molecule has 0 bridgehead atoms. The summed E-state index contributed by atoms with van der Waals surface area (Å²) in [6.45, 7) is 4.51. The summed E-state index contributed by atoms with van der Waals surface area (Å²) in [6.07, 6.45) is 3.40. The smallest absolute Gasteiger partial charge is 0.0718 e. The standard InChI is InChI=1S/C9H18N2O/c1-11-5-3-9(7-11)12-8-2-4-10-6-8/h8-10H,2-7H2,1H3. The molecule has 1 N–H and O–H groups in total. The molecule has 2 fully saturated rings. The molecule has 3 nitrogen and oxygen atoms in total. The first kappa shape index (κ1) is 8.48. The Morgan fingerprint density at radius 3 is 2.83 bits per heavy atom. The van der Waals surface area contributed by atoms with Gasteiger partial charge < -0.3 is 15.0 Å². The Morgan fingerprint density at radius 1 is 1.33 bits per heavy atom. The Bertz CT molecular complexity index is 145. The van der Waals surface area contributed by atoms with E-state index in [0.717, 1.165) is 19.6 Å². The summed E-state index contributed by atoms with van der Waals surface area (Å²) in [6, 6.07) is 0. The first-order chi connectivity index (χ1) is 5.84. The van der Waals surface area contributed by atoms with Gasteiger partial charge in [-0.3, -0.25) is 0 Å². The van der Waals surface area contributed by atoms with Crippen LogP contribution in [0.15, 0.2) is 0 Å². The lowest BCUT2D eigenvalue weighted by Gasteiger charge is -2.16. The van der Waals surface area contributed by atoms with E-state index in [4.69, 9.17) is 4.74 Å². The molecule has 3 heteroatoms. The van der Waals surface area contributed by atoms with Gasteiger partial charge in [-0.05, 0) is 26.4 Å². The number of likely N-dealkylation sites (tertiary alicyclic amines) is 1. The summed E-state index contributed by atoms with van der Waals surface area (Å²) >= 11 is 0. The third-order valence-corrected chi connectivity index (χ3v) is 2.75. The van der Waals surface area contributed by atoms with Gasteiger partial charge in [0.1, 0.15) is 0 Å². The van der Waals surface area contributed by atoms with Crippen LogP contribution in [0.5, 0.6) is 0 Å². The van der Waals surface area contributed by atoms with E-state index in [1.807, 2.05) is 0 Å². The Labute approximate surface area is 74.1 Å². The van der Waals surface area contributed by atoms with Crippen molar-refractivity contribution in [1.29, 1.82) is 0 Å². The molecule has 0 aromatic rings. The van der Waals surface area contributed by atoms with Crippen molar-refractivity contribution in [3.8, 4) is 0 Å². The van der Waals surface area contributed by atoms with Gasteiger partial charge in [-0.25, -0.2) is 0 Å². The average molecular weight is 170 g/mol. The van der Waals surface area contributed by atoms with Crippen LogP contribution in [-0.2, 0) is 4.74 Å². The number of rotatable bonds is 2. The maximum absolute atomic E-state index is 5.94. The Kier molecular flexibility index (Phi) is 2.63. The summed E-state index contributed by atoms with van der Waals surface area (Å²) < 4.78 is 5.94. The van der Waals surface area contributed by atoms with E-state index >= 15 is 0 Å². The first-order valence-corrected chi connectivity index (χ1v) is 4.89. The van der Waals surface area contributed by atoms with E-state index in [-0.39, 0.29) is 0 Å². The summed E-state index contributed by atoms with van der Waals surface area (Å²) in [5.74, 6) is 0. The van der Waals surface area contributed by atoms with Crippen molar-refractivity contribution in [3.05, 3.63) is 0 Å². The molecule has 0 aromatic carbocycles. The number of nitrogens with zero attached hydrogens (tertiary/aromatic N) is 1. The highest BCUT2D eigenvalue weighted by atomic mass is 16.5. The van der Waals surface area contributed by atoms with Crippen LogP contribution in [0, 0.1) is 0 Å². The maximum atomic E-state index is 5.94. The van der Waals surface area contributed by atoms with Gasteiger partial charge in [-0.1, -0.05) is 0 Å². The molecule has 2 rings (SSSR count). The first-order valence-electron chi connectivity index (χ1n) is 4.89. The lowest BCUT2D eigenvalue weighted by Crippen LogP contribution is -2.26. The molecular formula is C9H18N2O. The summed E-state index contributed by atoms with van der Waals surface area (Å²) in [7, 11) is 2.16. The lowest BCUT2D eigenvalue weighted by atomic mass is 10.3. The van der Waals surface area contributed by atoms with Crippen LogP contribution in [-0.4, -0.2) is 50.3 Å². The molecule has 0 spiro atoms. The highest BCUT2D eigenvalue weighted by Gasteiger charge is 2.24. The summed E-state index contributed by atoms with van der Waals surface area (Å²) in [5, 5.41) is 3.32. The van der Waals surface area contributed by atoms with Gasteiger partial charge in [0.25, 0.3) is 0 Å². The second-order valence-corrected chi connectivity index (χ2v) is 3.92. The predicted molar refractivity (Wildman–Crippen MR) is 48.3 cm³/mol. The fraction of sp³-hybridized carbons (Fsp3) is 1.00. The molecule has 2 aliphatic heterocycles. The van der Waals surface area contributed by atoms with Crippen molar-refractivity contribution in [2.45, 2.75) is 25.0 Å². The zero-order valence-electron chi connectivity index (χ0n) is 7.75. The molecule has 2 atom stereocenters. The Balaban J connectivity index is 1.72. The van der Waals surface area contributed by atoms with Gasteiger partial charge in [0.2, 0.25) is 0 Å². The molecule has 0 radical (unpaired) electrons. The van der Waals surface area contributed by atoms with Crippen molar-refractivity contribution < 1.29 is 4.74 Å². The van der Waals surface area contributed by atoms with Crippen molar-refractivity contribution in [2.24, 2.45) is 0 Å². The second-order valence-electron chi connectivity index (χ2n) is 3.92. The summed E-state index contributed by atoms with van der Waals surface area (Å²) in [5.41, 5.74) is 0. The molecule has 0 amide bonds. The highest BCUT2D eigenvalue weighted by Crippen LogP contribution is 2.15. The van der Waals surface area contributed by atoms with E-state index in [9.17, 15) is 0 Å². The normalized spacial score (nSPS) is 37.8. The molecule has 2 heterocycles. The van der Waals surface area contributed by atoms with Crippen molar-refractivity contribution in [3.63, 3.8) is 0 Å². The van der Waals surface area contributed by atoms with E-state index in [1.165, 1.54) is 19.4 Å². The molecule has 70 valence electrons. The largest absolute Gasteiger partial charge is 0.372 e. The van der Waals surface area contributed by atoms with Crippen LogP contribution in [0.4, 0.5) is 0 Å². The molecule has 2 saturated heterocycles. The lowest BCUT2D eigenvalue weighted by molar-refractivity contribution is 0.00616. The van der Waals surface area contributed by atoms with Crippen LogP contribution >= 0.6 is 0 Å². The SMILES string of the molecule is CN1CCC(OC2CCNC2)C1. The fourth-order valence-electron chi connectivity index (χ4n) is 2.02. The van der Waals surface area contributed by atoms with E-state index < -0.39 is 0 Å². The molecule has 0 aromatic heterocycles. The number of ether oxygens (including phenoxy) is 1. The summed E-state index contributed by atoms with van der Waals surface area (Å²) in [4.78, 5) is 2.34. The van der Waals surface area contributed by atoms with E-state index in [2.05, 4.69) is 17.3 Å². The van der Waals surface area contributed by atoms with Gasteiger partial charge in [-0.15, -0.1) is 0 Å². The number of hydrogen-bond acceptors (Lipinski definition) is 3. The minimum Gasteiger partial charge on any atom is -0.372 e. The fourth-order valence-corrected chi connectivity index (χ4v) is 2.02. The number of hydrogen-bond donors (Lipinski definition) is 1. The van der Waals surface area contributed by atoms with Crippen LogP contribution in [0.1, 0.15) is 12.8 Å². The second kappa shape index (κ2) is 3.73. The quantitative estimate of drug-likeness (QED) is 0.634.